The van der Waals surface area contributed by atoms with Crippen LogP contribution in [0.3, 0.4) is 0 Å². The first-order valence-electron chi connectivity index (χ1n) is 34.9. The van der Waals surface area contributed by atoms with Crippen LogP contribution in [0.25, 0.3) is 11.1 Å². The van der Waals surface area contributed by atoms with Crippen LogP contribution in [0.5, 0.6) is 5.75 Å². The Labute approximate surface area is 589 Å². The molecule has 530 valence electrons. The third-order valence-corrected chi connectivity index (χ3v) is 16.1. The number of nitrogens with zero attached hydrogens (tertiary/aromatic N) is 7. The van der Waals surface area contributed by atoms with Crippen LogP contribution in [-0.2, 0) is 102 Å². The number of hydrogen-bond donors (Lipinski definition) is 4. The van der Waals surface area contributed by atoms with E-state index in [4.69, 9.17) is 54.1 Å². The monoisotopic (exact) mass is 1360 g/mol. The van der Waals surface area contributed by atoms with Gasteiger partial charge in [-0.05, 0) is 112 Å². The fourth-order valence-corrected chi connectivity index (χ4v) is 11.0. The van der Waals surface area contributed by atoms with Gasteiger partial charge in [0.2, 0.25) is 23.6 Å². The summed E-state index contributed by atoms with van der Waals surface area (Å²) in [5, 5.41) is 8.86. The van der Waals surface area contributed by atoms with Crippen LogP contribution in [0, 0.1) is 0 Å². The number of aromatic nitrogens is 4. The van der Waals surface area contributed by atoms with Gasteiger partial charge in [0.05, 0.1) is 75.6 Å². The Hall–Kier alpha value is -9.16. The molecular weight excluding hydrogens is 1260 g/mol. The number of unbranched alkanes of at least 4 members (excludes halogenated alkanes) is 4. The van der Waals surface area contributed by atoms with Crippen LogP contribution >= 0.6 is 0 Å². The molecule has 4 aromatic carbocycles. The zero-order chi connectivity index (χ0) is 70.0. The van der Waals surface area contributed by atoms with Crippen molar-refractivity contribution in [3.63, 3.8) is 0 Å². The third-order valence-electron chi connectivity index (χ3n) is 16.1. The van der Waals surface area contributed by atoms with Crippen molar-refractivity contribution in [1.29, 1.82) is 0 Å². The summed E-state index contributed by atoms with van der Waals surface area (Å²) in [6, 6.07) is 55.7. The first-order chi connectivity index (χ1) is 49.1. The number of amides is 4. The number of benzene rings is 4. The van der Waals surface area contributed by atoms with Gasteiger partial charge in [-0.3, -0.25) is 38.9 Å². The van der Waals surface area contributed by atoms with Gasteiger partial charge in [-0.25, -0.2) is 9.97 Å². The summed E-state index contributed by atoms with van der Waals surface area (Å²) >= 11 is 0. The molecule has 0 aliphatic heterocycles. The molecule has 21 nitrogen and oxygen atoms in total. The van der Waals surface area contributed by atoms with Gasteiger partial charge in [-0.15, -0.1) is 0 Å². The molecule has 21 heteroatoms. The summed E-state index contributed by atoms with van der Waals surface area (Å²) < 4.78 is 35.6. The maximum Gasteiger partial charge on any atom is 0.248 e. The summed E-state index contributed by atoms with van der Waals surface area (Å²) in [6.07, 6.45) is 10.2. The van der Waals surface area contributed by atoms with Gasteiger partial charge >= 0.3 is 0 Å². The second-order valence-corrected chi connectivity index (χ2v) is 24.4. The lowest BCUT2D eigenvalue weighted by Crippen LogP contribution is -2.36. The van der Waals surface area contributed by atoms with E-state index >= 15 is 0 Å². The Bertz CT molecular complexity index is 3520. The molecule has 0 saturated carbocycles. The van der Waals surface area contributed by atoms with E-state index in [1.165, 1.54) is 0 Å². The molecule has 0 unspecified atom stereocenters. The minimum absolute atomic E-state index is 0.0484. The van der Waals surface area contributed by atoms with Gasteiger partial charge in [-0.1, -0.05) is 149 Å². The average Bonchev–Trinajstić information content (AvgIpc) is 0.923. The Morgan fingerprint density at radius 3 is 1.44 bits per heavy atom. The van der Waals surface area contributed by atoms with E-state index in [0.29, 0.717) is 109 Å². The van der Waals surface area contributed by atoms with Crippen molar-refractivity contribution in [2.75, 3.05) is 89.9 Å². The van der Waals surface area contributed by atoms with Gasteiger partial charge < -0.3 is 55.0 Å². The predicted octanol–water partition coefficient (Wildman–Crippen LogP) is 11.6. The molecule has 0 spiro atoms. The Kier molecular flexibility index (Phi) is 34.3. The van der Waals surface area contributed by atoms with E-state index in [-0.39, 0.29) is 83.1 Å². The normalized spacial score (nSPS) is 11.2. The first-order valence-corrected chi connectivity index (χ1v) is 34.9. The lowest BCUT2D eigenvalue weighted by atomic mass is 10.0. The topological polar surface area (TPSA) is 247 Å². The van der Waals surface area contributed by atoms with E-state index < -0.39 is 0 Å². The van der Waals surface area contributed by atoms with Gasteiger partial charge in [0.1, 0.15) is 37.2 Å². The van der Waals surface area contributed by atoms with Gasteiger partial charge in [0.15, 0.2) is 0 Å². The fraction of sp³-hybridized carbons (Fsp3) is 0.392. The van der Waals surface area contributed by atoms with Crippen molar-refractivity contribution in [2.45, 2.75) is 124 Å². The predicted molar refractivity (Wildman–Crippen MR) is 388 cm³/mol. The molecule has 0 bridgehead atoms. The smallest absolute Gasteiger partial charge is 0.248 e. The highest BCUT2D eigenvalue weighted by Gasteiger charge is 2.19. The number of anilines is 2. The number of hydrogen-bond acceptors (Lipinski definition) is 17. The molecule has 4 aromatic heterocycles. The number of nitrogens with two attached hydrogens (primary N) is 1. The van der Waals surface area contributed by atoms with Gasteiger partial charge in [0.25, 0.3) is 0 Å². The zero-order valence-corrected chi connectivity index (χ0v) is 58.1. The largest absolute Gasteiger partial charge is 0.491 e. The summed E-state index contributed by atoms with van der Waals surface area (Å²) in [4.78, 5) is 77.3. The Morgan fingerprint density at radius 1 is 0.420 bits per heavy atom. The summed E-state index contributed by atoms with van der Waals surface area (Å²) in [7, 11) is 0. The van der Waals surface area contributed by atoms with E-state index in [2.05, 4.69) is 82.1 Å². The minimum atomic E-state index is -0.225. The van der Waals surface area contributed by atoms with Crippen molar-refractivity contribution >= 4 is 35.3 Å². The van der Waals surface area contributed by atoms with Crippen LogP contribution in [0.2, 0.25) is 0 Å². The number of rotatable bonds is 48. The van der Waals surface area contributed by atoms with E-state index in [0.717, 1.165) is 100 Å². The number of carbonyl (C=O) groups excluding carboxylic acids is 4. The van der Waals surface area contributed by atoms with Gasteiger partial charge in [0, 0.05) is 90.7 Å². The second kappa shape index (κ2) is 44.8. The third kappa shape index (κ3) is 29.7. The molecule has 8 rings (SSSR count). The molecule has 0 saturated heterocycles. The zero-order valence-electron chi connectivity index (χ0n) is 58.1. The summed E-state index contributed by atoms with van der Waals surface area (Å²) in [5.74, 6) is 1.20. The molecule has 100 heavy (non-hydrogen) atoms. The molecule has 0 aliphatic carbocycles. The van der Waals surface area contributed by atoms with Crippen LogP contribution in [0.15, 0.2) is 182 Å². The molecule has 0 atom stereocenters. The highest BCUT2D eigenvalue weighted by atomic mass is 16.6. The quantitative estimate of drug-likeness (QED) is 0.0259. The first kappa shape index (κ1) is 76.6. The molecule has 4 amide bonds. The van der Waals surface area contributed by atoms with Crippen LogP contribution in [-0.4, -0.2) is 137 Å². The maximum absolute atomic E-state index is 13.8. The molecule has 8 aromatic rings. The summed E-state index contributed by atoms with van der Waals surface area (Å²) in [5.41, 5.74) is 16.2. The molecule has 5 N–H and O–H groups in total. The minimum Gasteiger partial charge on any atom is -0.491 e. The molecule has 4 heterocycles. The lowest BCUT2D eigenvalue weighted by molar-refractivity contribution is -0.138. The molecule has 0 radical (unpaired) electrons. The van der Waals surface area contributed by atoms with Crippen LogP contribution in [0.1, 0.15) is 116 Å². The van der Waals surface area contributed by atoms with Crippen molar-refractivity contribution < 1.29 is 47.6 Å². The van der Waals surface area contributed by atoms with E-state index in [9.17, 15) is 19.2 Å². The van der Waals surface area contributed by atoms with E-state index in [1.807, 2.05) is 127 Å². The van der Waals surface area contributed by atoms with Crippen molar-refractivity contribution in [1.82, 2.24) is 40.0 Å². The van der Waals surface area contributed by atoms with Crippen LogP contribution < -0.4 is 26.4 Å². The number of carbonyl (C=O) groups is 4. The highest BCUT2D eigenvalue weighted by Crippen LogP contribution is 2.25. The molecular formula is C79H99N11O10. The average molecular weight is 1360 g/mol. The SMILES string of the molecule is CCCCCC(=O)Nc1cccc(CN(Cc2cc(CN(Cc3ccccn3)Cc3cccc(NC(=O)CCCCC)n3)cc(OCCOCCOCCN(Cc3ccc(-c4ccccc4)cc3)C(=O)COCCOCCOCC(=O)NCc3ccc(CN)cc3)c2)Cc2ccccn2)n1. The molecule has 0 aliphatic rings. The Morgan fingerprint density at radius 2 is 0.900 bits per heavy atom. The summed E-state index contributed by atoms with van der Waals surface area (Å²) in [6.45, 7) is 10.9. The van der Waals surface area contributed by atoms with Crippen molar-refractivity contribution in [3.8, 4) is 16.9 Å². The number of nitrogens with one attached hydrogen (secondary N) is 3. The van der Waals surface area contributed by atoms with E-state index in [1.54, 1.807) is 17.3 Å². The van der Waals surface area contributed by atoms with Gasteiger partial charge in [-0.2, -0.15) is 0 Å². The molecule has 0 fully saturated rings. The van der Waals surface area contributed by atoms with Crippen molar-refractivity contribution in [2.24, 2.45) is 5.73 Å². The highest BCUT2D eigenvalue weighted by molar-refractivity contribution is 5.90. The number of pyridine rings is 4. The van der Waals surface area contributed by atoms with Crippen LogP contribution in [0.4, 0.5) is 11.6 Å². The van der Waals surface area contributed by atoms with Crippen molar-refractivity contribution in [3.05, 3.63) is 233 Å². The Balaban J connectivity index is 0.874. The fourth-order valence-electron chi connectivity index (χ4n) is 11.0. The maximum atomic E-state index is 13.8. The second-order valence-electron chi connectivity index (χ2n) is 24.4. The lowest BCUT2D eigenvalue weighted by Gasteiger charge is -2.25. The number of ether oxygens (including phenoxy) is 6. The standard InChI is InChI=1S/C79H99N11O10/c1-3-5-8-26-76(91)86-74-24-16-22-71(84-74)58-88(56-69-20-12-14-36-81-69)53-65-48-66(54-89(57-70-21-13-15-37-82-70)59-72-23-17-25-75(85-72)87-77(92)27-9-6-4-2)50-73(49-65)100-47-46-97-41-40-95-39-38-90(55-64-32-34-68(35-33-64)67-18-10-7-11-19-67)79(94)61-99-45-43-96-42-44-98-60-78(93)83-52-63-30-28-62(51-80)29-31-63/h7,10-25,28-37,48-50H,3-6,8-9,26-27,38-47,51-61,80H2,1-2H3,(H,83,93)(H,84,86,91)(H,85,87,92).